The predicted molar refractivity (Wildman–Crippen MR) is 101 cm³/mol. The van der Waals surface area contributed by atoms with E-state index in [0.717, 1.165) is 16.9 Å². The van der Waals surface area contributed by atoms with Gasteiger partial charge in [0.1, 0.15) is 0 Å². The first-order chi connectivity index (χ1) is 12.0. The van der Waals surface area contributed by atoms with Gasteiger partial charge in [-0.1, -0.05) is 24.3 Å². The summed E-state index contributed by atoms with van der Waals surface area (Å²) in [5.74, 6) is -0.256. The number of carbonyl (C=O) groups excluding carboxylic acids is 2. The Morgan fingerprint density at radius 3 is 2.48 bits per heavy atom. The van der Waals surface area contributed by atoms with Crippen LogP contribution < -0.4 is 9.80 Å². The van der Waals surface area contributed by atoms with Gasteiger partial charge in [0.15, 0.2) is 0 Å². The molecule has 2 aromatic carbocycles. The van der Waals surface area contributed by atoms with Crippen LogP contribution in [0.2, 0.25) is 0 Å². The van der Waals surface area contributed by atoms with Crippen LogP contribution in [0, 0.1) is 19.8 Å². The van der Waals surface area contributed by atoms with E-state index in [1.54, 1.807) is 9.80 Å². The molecule has 1 heterocycles. The standard InChI is InChI=1S/C21H24N2O2/c1-4-22(18-8-6-5-7-9-18)21(25)17-13-20(24)23(14-17)19-11-10-15(2)16(3)12-19/h5-12,17H,4,13-14H2,1-3H3. The lowest BCUT2D eigenvalue weighted by atomic mass is 10.1. The Labute approximate surface area is 149 Å². The molecule has 3 rings (SSSR count). The monoisotopic (exact) mass is 336 g/mol. The number of benzene rings is 2. The van der Waals surface area contributed by atoms with E-state index in [1.807, 2.05) is 62.4 Å². The topological polar surface area (TPSA) is 40.6 Å². The van der Waals surface area contributed by atoms with Gasteiger partial charge in [0, 0.05) is 30.9 Å². The maximum atomic E-state index is 13.0. The number of para-hydroxylation sites is 1. The lowest BCUT2D eigenvalue weighted by Crippen LogP contribution is -2.37. The van der Waals surface area contributed by atoms with Crippen LogP contribution in [0.5, 0.6) is 0 Å². The second-order valence-corrected chi connectivity index (χ2v) is 6.59. The first-order valence-electron chi connectivity index (χ1n) is 8.75. The molecule has 0 aliphatic carbocycles. The molecule has 0 aromatic heterocycles. The van der Waals surface area contributed by atoms with Gasteiger partial charge in [-0.15, -0.1) is 0 Å². The van der Waals surface area contributed by atoms with Gasteiger partial charge in [-0.25, -0.2) is 0 Å². The van der Waals surface area contributed by atoms with Crippen molar-refractivity contribution < 1.29 is 9.59 Å². The molecule has 0 spiro atoms. The van der Waals surface area contributed by atoms with Crippen LogP contribution in [-0.2, 0) is 9.59 Å². The molecule has 0 bridgehead atoms. The molecule has 1 unspecified atom stereocenters. The van der Waals surface area contributed by atoms with Gasteiger partial charge >= 0.3 is 0 Å². The van der Waals surface area contributed by atoms with Gasteiger partial charge in [0.2, 0.25) is 11.8 Å². The Hall–Kier alpha value is -2.62. The second kappa shape index (κ2) is 7.09. The number of hydrogen-bond acceptors (Lipinski definition) is 2. The highest BCUT2D eigenvalue weighted by Gasteiger charge is 2.37. The highest BCUT2D eigenvalue weighted by atomic mass is 16.2. The summed E-state index contributed by atoms with van der Waals surface area (Å²) < 4.78 is 0. The summed E-state index contributed by atoms with van der Waals surface area (Å²) in [6, 6.07) is 15.6. The van der Waals surface area contributed by atoms with E-state index >= 15 is 0 Å². The summed E-state index contributed by atoms with van der Waals surface area (Å²) in [5, 5.41) is 0. The fourth-order valence-corrected chi connectivity index (χ4v) is 3.31. The maximum Gasteiger partial charge on any atom is 0.232 e. The smallest absolute Gasteiger partial charge is 0.232 e. The zero-order valence-corrected chi connectivity index (χ0v) is 15.0. The van der Waals surface area contributed by atoms with Crippen molar-refractivity contribution in [2.24, 2.45) is 5.92 Å². The molecule has 0 N–H and O–H groups in total. The zero-order valence-electron chi connectivity index (χ0n) is 15.0. The van der Waals surface area contributed by atoms with Crippen molar-refractivity contribution in [2.75, 3.05) is 22.9 Å². The van der Waals surface area contributed by atoms with Crippen molar-refractivity contribution in [3.05, 3.63) is 59.7 Å². The van der Waals surface area contributed by atoms with Crippen LogP contribution in [0.25, 0.3) is 0 Å². The third kappa shape index (κ3) is 3.43. The Kier molecular flexibility index (Phi) is 4.88. The molecule has 0 saturated carbocycles. The Morgan fingerprint density at radius 2 is 1.84 bits per heavy atom. The summed E-state index contributed by atoms with van der Waals surface area (Å²) in [5.41, 5.74) is 4.11. The SMILES string of the molecule is CCN(C(=O)C1CC(=O)N(c2ccc(C)c(C)c2)C1)c1ccccc1. The molecule has 2 aromatic rings. The van der Waals surface area contributed by atoms with Crippen molar-refractivity contribution in [2.45, 2.75) is 27.2 Å². The average molecular weight is 336 g/mol. The molecule has 1 aliphatic heterocycles. The van der Waals surface area contributed by atoms with Crippen molar-refractivity contribution in [3.8, 4) is 0 Å². The van der Waals surface area contributed by atoms with Crippen molar-refractivity contribution in [3.63, 3.8) is 0 Å². The van der Waals surface area contributed by atoms with E-state index < -0.39 is 0 Å². The largest absolute Gasteiger partial charge is 0.312 e. The van der Waals surface area contributed by atoms with E-state index in [9.17, 15) is 9.59 Å². The highest BCUT2D eigenvalue weighted by molar-refractivity contribution is 6.04. The number of rotatable bonds is 4. The quantitative estimate of drug-likeness (QED) is 0.854. The number of nitrogens with zero attached hydrogens (tertiary/aromatic N) is 2. The van der Waals surface area contributed by atoms with E-state index in [0.29, 0.717) is 13.1 Å². The van der Waals surface area contributed by atoms with Crippen LogP contribution in [-0.4, -0.2) is 24.9 Å². The minimum Gasteiger partial charge on any atom is -0.312 e. The van der Waals surface area contributed by atoms with Crippen LogP contribution in [0.15, 0.2) is 48.5 Å². The van der Waals surface area contributed by atoms with Crippen LogP contribution in [0.3, 0.4) is 0 Å². The Bertz CT molecular complexity index is 786. The van der Waals surface area contributed by atoms with Crippen LogP contribution in [0.4, 0.5) is 11.4 Å². The average Bonchev–Trinajstić information content (AvgIpc) is 3.01. The number of carbonyl (C=O) groups is 2. The van der Waals surface area contributed by atoms with Crippen molar-refractivity contribution in [1.82, 2.24) is 0 Å². The lowest BCUT2D eigenvalue weighted by molar-refractivity contribution is -0.124. The fourth-order valence-electron chi connectivity index (χ4n) is 3.31. The summed E-state index contributed by atoms with van der Waals surface area (Å²) in [7, 11) is 0. The number of amides is 2. The molecule has 1 fully saturated rings. The summed E-state index contributed by atoms with van der Waals surface area (Å²) in [6.07, 6.45) is 0.273. The minimum absolute atomic E-state index is 0.0192. The third-order valence-electron chi connectivity index (χ3n) is 4.93. The molecule has 4 nitrogen and oxygen atoms in total. The molecular formula is C21H24N2O2. The Balaban J connectivity index is 1.79. The van der Waals surface area contributed by atoms with E-state index in [1.165, 1.54) is 5.56 Å². The van der Waals surface area contributed by atoms with E-state index in [2.05, 4.69) is 6.92 Å². The first kappa shape index (κ1) is 17.2. The van der Waals surface area contributed by atoms with Gasteiger partial charge < -0.3 is 9.80 Å². The number of anilines is 2. The number of hydrogen-bond donors (Lipinski definition) is 0. The van der Waals surface area contributed by atoms with Gasteiger partial charge in [-0.3, -0.25) is 9.59 Å². The zero-order chi connectivity index (χ0) is 18.0. The fraction of sp³-hybridized carbons (Fsp3) is 0.333. The van der Waals surface area contributed by atoms with E-state index in [-0.39, 0.29) is 24.2 Å². The summed E-state index contributed by atoms with van der Waals surface area (Å²) >= 11 is 0. The molecule has 130 valence electrons. The van der Waals surface area contributed by atoms with Crippen LogP contribution >= 0.6 is 0 Å². The molecule has 2 amide bonds. The first-order valence-corrected chi connectivity index (χ1v) is 8.75. The van der Waals surface area contributed by atoms with Gasteiger partial charge in [0.25, 0.3) is 0 Å². The predicted octanol–water partition coefficient (Wildman–Crippen LogP) is 3.71. The van der Waals surface area contributed by atoms with Crippen molar-refractivity contribution >= 4 is 23.2 Å². The van der Waals surface area contributed by atoms with Crippen LogP contribution in [0.1, 0.15) is 24.5 Å². The van der Waals surface area contributed by atoms with E-state index in [4.69, 9.17) is 0 Å². The molecule has 25 heavy (non-hydrogen) atoms. The van der Waals surface area contributed by atoms with Gasteiger partial charge in [0.05, 0.1) is 5.92 Å². The summed E-state index contributed by atoms with van der Waals surface area (Å²) in [6.45, 7) is 7.09. The molecule has 4 heteroatoms. The Morgan fingerprint density at radius 1 is 1.12 bits per heavy atom. The van der Waals surface area contributed by atoms with Gasteiger partial charge in [-0.05, 0) is 56.2 Å². The summed E-state index contributed by atoms with van der Waals surface area (Å²) in [4.78, 5) is 29.0. The third-order valence-corrected chi connectivity index (χ3v) is 4.93. The highest BCUT2D eigenvalue weighted by Crippen LogP contribution is 2.29. The second-order valence-electron chi connectivity index (χ2n) is 6.59. The normalized spacial score (nSPS) is 17.0. The minimum atomic E-state index is -0.297. The molecule has 1 atom stereocenters. The molecular weight excluding hydrogens is 312 g/mol. The maximum absolute atomic E-state index is 13.0. The molecule has 1 saturated heterocycles. The van der Waals surface area contributed by atoms with Crippen molar-refractivity contribution in [1.29, 1.82) is 0 Å². The number of aryl methyl sites for hydroxylation is 2. The molecule has 0 radical (unpaired) electrons. The molecule has 1 aliphatic rings. The van der Waals surface area contributed by atoms with Gasteiger partial charge in [-0.2, -0.15) is 0 Å². The lowest BCUT2D eigenvalue weighted by Gasteiger charge is -2.24.